The number of amidine groups is 1. The molecule has 1 aromatic carbocycles. The van der Waals surface area contributed by atoms with Gasteiger partial charge in [0.25, 0.3) is 0 Å². The Morgan fingerprint density at radius 3 is 2.58 bits per heavy atom. The van der Waals surface area contributed by atoms with E-state index in [9.17, 15) is 0 Å². The van der Waals surface area contributed by atoms with E-state index in [-0.39, 0.29) is 6.17 Å². The van der Waals surface area contributed by atoms with Crippen LogP contribution in [0.3, 0.4) is 0 Å². The predicted molar refractivity (Wildman–Crippen MR) is 111 cm³/mol. The monoisotopic (exact) mass is 416 g/mol. The molecule has 0 aromatic heterocycles. The number of fused-ring (bicyclic) bond motifs is 1. The van der Waals surface area contributed by atoms with Crippen LogP contribution in [-0.4, -0.2) is 54.0 Å². The smallest absolute Gasteiger partial charge is 0.163 e. The Balaban J connectivity index is 1.40. The van der Waals surface area contributed by atoms with E-state index in [1.54, 1.807) is 0 Å². The molecule has 3 aliphatic heterocycles. The molecule has 7 heteroatoms. The van der Waals surface area contributed by atoms with Crippen molar-refractivity contribution >= 4 is 33.1 Å². The van der Waals surface area contributed by atoms with Gasteiger partial charge in [-0.1, -0.05) is 0 Å². The maximum Gasteiger partial charge on any atom is 0.163 e. The molecule has 1 fully saturated rings. The highest BCUT2D eigenvalue weighted by Gasteiger charge is 2.29. The van der Waals surface area contributed by atoms with Crippen LogP contribution < -0.4 is 15.5 Å². The standard InChI is InChI=1S/C19H25BrN6/c1-14(2)24-9-11-25(12-10-24)16-5-3-15(4-6-16)23-18-19-21-7-8-26(19)17(20)13-22-18/h3-8,13-14,19,21H,9-12H2,1-2H3,(H,22,23). The number of halogens is 1. The van der Waals surface area contributed by atoms with Gasteiger partial charge in [0.05, 0.1) is 6.20 Å². The van der Waals surface area contributed by atoms with Crippen molar-refractivity contribution in [2.75, 3.05) is 36.4 Å². The molecule has 6 nitrogen and oxygen atoms in total. The third-order valence-corrected chi connectivity index (χ3v) is 5.75. The lowest BCUT2D eigenvalue weighted by Crippen LogP contribution is -2.48. The molecular weight excluding hydrogens is 392 g/mol. The van der Waals surface area contributed by atoms with Gasteiger partial charge < -0.3 is 20.4 Å². The number of benzene rings is 1. The number of anilines is 2. The number of nitrogens with zero attached hydrogens (tertiary/aromatic N) is 4. The van der Waals surface area contributed by atoms with Crippen molar-refractivity contribution in [3.05, 3.63) is 47.5 Å². The van der Waals surface area contributed by atoms with E-state index in [0.29, 0.717) is 6.04 Å². The summed E-state index contributed by atoms with van der Waals surface area (Å²) in [6.45, 7) is 8.98. The predicted octanol–water partition coefficient (Wildman–Crippen LogP) is 2.94. The Morgan fingerprint density at radius 1 is 1.15 bits per heavy atom. The minimum atomic E-state index is 0.0122. The average molecular weight is 417 g/mol. The van der Waals surface area contributed by atoms with E-state index in [0.717, 1.165) is 42.3 Å². The minimum absolute atomic E-state index is 0.0122. The van der Waals surface area contributed by atoms with E-state index in [2.05, 4.69) is 84.4 Å². The first-order chi connectivity index (χ1) is 12.6. The SMILES string of the molecule is CC(C)N1CCN(c2ccc(NC3=NC=C(Br)N4C=CNC34)cc2)CC1. The fourth-order valence-corrected chi connectivity index (χ4v) is 3.97. The summed E-state index contributed by atoms with van der Waals surface area (Å²) in [4.78, 5) is 11.6. The molecule has 0 radical (unpaired) electrons. The van der Waals surface area contributed by atoms with Gasteiger partial charge in [0.2, 0.25) is 0 Å². The number of piperazine rings is 1. The number of nitrogens with one attached hydrogen (secondary N) is 2. The fraction of sp³-hybridized carbons (Fsp3) is 0.421. The largest absolute Gasteiger partial charge is 0.369 e. The summed E-state index contributed by atoms with van der Waals surface area (Å²) in [6, 6.07) is 9.29. The van der Waals surface area contributed by atoms with Crippen LogP contribution in [0.2, 0.25) is 0 Å². The maximum absolute atomic E-state index is 4.52. The van der Waals surface area contributed by atoms with Crippen LogP contribution in [0.25, 0.3) is 0 Å². The van der Waals surface area contributed by atoms with Crippen molar-refractivity contribution in [2.24, 2.45) is 4.99 Å². The van der Waals surface area contributed by atoms with Gasteiger partial charge in [-0.25, -0.2) is 4.99 Å². The van der Waals surface area contributed by atoms with E-state index in [4.69, 9.17) is 0 Å². The van der Waals surface area contributed by atoms with Gasteiger partial charge >= 0.3 is 0 Å². The van der Waals surface area contributed by atoms with Gasteiger partial charge in [0.15, 0.2) is 6.17 Å². The molecule has 0 spiro atoms. The zero-order chi connectivity index (χ0) is 18.1. The molecular formula is C19H25BrN6. The van der Waals surface area contributed by atoms with Crippen molar-refractivity contribution < 1.29 is 0 Å². The highest BCUT2D eigenvalue weighted by atomic mass is 79.9. The summed E-state index contributed by atoms with van der Waals surface area (Å²) in [5.41, 5.74) is 2.34. The summed E-state index contributed by atoms with van der Waals surface area (Å²) >= 11 is 3.53. The molecule has 3 heterocycles. The first kappa shape index (κ1) is 17.4. The lowest BCUT2D eigenvalue weighted by atomic mass is 10.2. The highest BCUT2D eigenvalue weighted by Crippen LogP contribution is 2.25. The zero-order valence-electron chi connectivity index (χ0n) is 15.2. The third-order valence-electron chi connectivity index (χ3n) is 5.13. The summed E-state index contributed by atoms with van der Waals surface area (Å²) in [5, 5.41) is 6.74. The van der Waals surface area contributed by atoms with Crippen molar-refractivity contribution in [2.45, 2.75) is 26.1 Å². The van der Waals surface area contributed by atoms with E-state index < -0.39 is 0 Å². The number of hydrogen-bond acceptors (Lipinski definition) is 6. The lowest BCUT2D eigenvalue weighted by molar-refractivity contribution is 0.209. The Hall–Kier alpha value is -1.99. The first-order valence-corrected chi connectivity index (χ1v) is 9.91. The third kappa shape index (κ3) is 3.46. The summed E-state index contributed by atoms with van der Waals surface area (Å²) in [7, 11) is 0. The topological polar surface area (TPSA) is 46.1 Å². The van der Waals surface area contributed by atoms with Gasteiger partial charge in [-0.2, -0.15) is 0 Å². The molecule has 4 rings (SSSR count). The average Bonchev–Trinajstić information content (AvgIpc) is 3.16. The number of aliphatic imine (C=N–C) groups is 1. The summed E-state index contributed by atoms with van der Waals surface area (Å²) < 4.78 is 0.949. The molecule has 0 amide bonds. The van der Waals surface area contributed by atoms with Crippen LogP contribution in [0.5, 0.6) is 0 Å². The van der Waals surface area contributed by atoms with Gasteiger partial charge in [0, 0.05) is 56.0 Å². The normalized spacial score (nSPS) is 22.8. The molecule has 2 N–H and O–H groups in total. The molecule has 1 saturated heterocycles. The van der Waals surface area contributed by atoms with E-state index in [1.165, 1.54) is 5.69 Å². The molecule has 1 aromatic rings. The second kappa shape index (κ2) is 7.32. The Kier molecular flexibility index (Phi) is 4.91. The van der Waals surface area contributed by atoms with Crippen LogP contribution in [0.1, 0.15) is 13.8 Å². The second-order valence-electron chi connectivity index (χ2n) is 7.05. The van der Waals surface area contributed by atoms with Crippen molar-refractivity contribution in [1.82, 2.24) is 15.1 Å². The van der Waals surface area contributed by atoms with Crippen LogP contribution >= 0.6 is 15.9 Å². The molecule has 138 valence electrons. The Morgan fingerprint density at radius 2 is 1.88 bits per heavy atom. The quantitative estimate of drug-likeness (QED) is 0.741. The Labute approximate surface area is 163 Å². The van der Waals surface area contributed by atoms with Crippen molar-refractivity contribution in [3.63, 3.8) is 0 Å². The lowest BCUT2D eigenvalue weighted by Gasteiger charge is -2.38. The Bertz CT molecular complexity index is 731. The van der Waals surface area contributed by atoms with Gasteiger partial charge in [-0.15, -0.1) is 0 Å². The molecule has 0 saturated carbocycles. The molecule has 1 atom stereocenters. The summed E-state index contributed by atoms with van der Waals surface area (Å²) in [6.07, 6.45) is 5.76. The van der Waals surface area contributed by atoms with Crippen LogP contribution in [0.15, 0.2) is 52.5 Å². The molecule has 1 unspecified atom stereocenters. The molecule has 0 aliphatic carbocycles. The second-order valence-corrected chi connectivity index (χ2v) is 7.86. The number of hydrogen-bond donors (Lipinski definition) is 2. The fourth-order valence-electron chi connectivity index (χ4n) is 3.55. The molecule has 3 aliphatic rings. The van der Waals surface area contributed by atoms with Crippen LogP contribution in [0, 0.1) is 0 Å². The maximum atomic E-state index is 4.52. The summed E-state index contributed by atoms with van der Waals surface area (Å²) in [5.74, 6) is 0.886. The van der Waals surface area contributed by atoms with Crippen LogP contribution in [-0.2, 0) is 0 Å². The van der Waals surface area contributed by atoms with Crippen LogP contribution in [0.4, 0.5) is 11.4 Å². The molecule has 26 heavy (non-hydrogen) atoms. The van der Waals surface area contributed by atoms with Crippen molar-refractivity contribution in [3.8, 4) is 0 Å². The van der Waals surface area contributed by atoms with Gasteiger partial charge in [-0.3, -0.25) is 4.90 Å². The highest BCUT2D eigenvalue weighted by molar-refractivity contribution is 9.11. The van der Waals surface area contributed by atoms with Gasteiger partial charge in [0.1, 0.15) is 10.4 Å². The zero-order valence-corrected chi connectivity index (χ0v) is 16.8. The van der Waals surface area contributed by atoms with Gasteiger partial charge in [-0.05, 0) is 54.0 Å². The van der Waals surface area contributed by atoms with Crippen molar-refractivity contribution in [1.29, 1.82) is 0 Å². The first-order valence-electron chi connectivity index (χ1n) is 9.12. The van der Waals surface area contributed by atoms with E-state index >= 15 is 0 Å². The van der Waals surface area contributed by atoms with E-state index in [1.807, 2.05) is 18.6 Å². The molecule has 0 bridgehead atoms. The number of rotatable bonds is 3. The minimum Gasteiger partial charge on any atom is -0.369 e.